The van der Waals surface area contributed by atoms with E-state index in [0.29, 0.717) is 5.56 Å². The van der Waals surface area contributed by atoms with Gasteiger partial charge in [0.05, 0.1) is 0 Å². The van der Waals surface area contributed by atoms with Crippen LogP contribution in [0.1, 0.15) is 29.6 Å². The van der Waals surface area contributed by atoms with E-state index in [9.17, 15) is 13.6 Å². The molecule has 1 aliphatic rings. The standard InChI is InChI=1S/C9H9F2N.C8H8O3/c10-7-2-1-5(3-8(7)11)6-4-9(6)12;9-7(8(10)11)6-4-2-1-3-5-6/h1-3,6,9H,4,12H2;1-5,7,9H,(H,10,11)/t6-,9+;7-/m01/s1. The fourth-order valence-electron chi connectivity index (χ4n) is 2.12. The minimum Gasteiger partial charge on any atom is -0.479 e. The van der Waals surface area contributed by atoms with Crippen molar-refractivity contribution in [2.45, 2.75) is 24.5 Å². The Morgan fingerprint density at radius 1 is 1.13 bits per heavy atom. The van der Waals surface area contributed by atoms with Crippen molar-refractivity contribution in [3.63, 3.8) is 0 Å². The van der Waals surface area contributed by atoms with Crippen molar-refractivity contribution >= 4 is 5.97 Å². The summed E-state index contributed by atoms with van der Waals surface area (Å²) >= 11 is 0. The van der Waals surface area contributed by atoms with Gasteiger partial charge in [0.2, 0.25) is 0 Å². The van der Waals surface area contributed by atoms with Crippen LogP contribution in [-0.2, 0) is 4.79 Å². The van der Waals surface area contributed by atoms with Gasteiger partial charge in [0, 0.05) is 12.0 Å². The van der Waals surface area contributed by atoms with Gasteiger partial charge >= 0.3 is 5.97 Å². The largest absolute Gasteiger partial charge is 0.479 e. The van der Waals surface area contributed by atoms with E-state index >= 15 is 0 Å². The average Bonchev–Trinajstić information content (AvgIpc) is 3.27. The molecule has 0 amide bonds. The second-order valence-corrected chi connectivity index (χ2v) is 5.33. The van der Waals surface area contributed by atoms with Crippen LogP contribution in [0.5, 0.6) is 0 Å². The second-order valence-electron chi connectivity index (χ2n) is 5.33. The molecule has 0 aliphatic heterocycles. The molecule has 4 nitrogen and oxygen atoms in total. The molecule has 6 heteroatoms. The minimum absolute atomic E-state index is 0.134. The van der Waals surface area contributed by atoms with E-state index in [-0.39, 0.29) is 12.0 Å². The summed E-state index contributed by atoms with van der Waals surface area (Å²) in [6, 6.07) is 12.4. The summed E-state index contributed by atoms with van der Waals surface area (Å²) in [6.07, 6.45) is -0.526. The van der Waals surface area contributed by atoms with Crippen LogP contribution < -0.4 is 5.73 Å². The maximum absolute atomic E-state index is 12.7. The molecule has 0 spiro atoms. The summed E-state index contributed by atoms with van der Waals surface area (Å²) in [6.45, 7) is 0. The first-order valence-electron chi connectivity index (χ1n) is 7.06. The molecule has 122 valence electrons. The highest BCUT2D eigenvalue weighted by Gasteiger charge is 2.35. The van der Waals surface area contributed by atoms with Crippen molar-refractivity contribution < 1.29 is 23.8 Å². The zero-order chi connectivity index (χ0) is 17.0. The van der Waals surface area contributed by atoms with Gasteiger partial charge in [0.15, 0.2) is 17.7 Å². The van der Waals surface area contributed by atoms with Crippen molar-refractivity contribution in [3.8, 4) is 0 Å². The highest BCUT2D eigenvalue weighted by Crippen LogP contribution is 2.39. The van der Waals surface area contributed by atoms with Crippen LogP contribution in [0.4, 0.5) is 8.78 Å². The van der Waals surface area contributed by atoms with Gasteiger partial charge in [-0.25, -0.2) is 13.6 Å². The number of carboxylic acids is 1. The van der Waals surface area contributed by atoms with Crippen molar-refractivity contribution in [1.82, 2.24) is 0 Å². The minimum atomic E-state index is -1.41. The Morgan fingerprint density at radius 3 is 2.22 bits per heavy atom. The molecule has 4 N–H and O–H groups in total. The SMILES string of the molecule is N[C@@H]1C[C@H]1c1ccc(F)c(F)c1.O=C(O)[C@H](O)c1ccccc1. The Morgan fingerprint density at radius 2 is 1.74 bits per heavy atom. The number of rotatable bonds is 3. The van der Waals surface area contributed by atoms with E-state index in [1.807, 2.05) is 0 Å². The molecule has 23 heavy (non-hydrogen) atoms. The van der Waals surface area contributed by atoms with Gasteiger partial charge in [-0.3, -0.25) is 0 Å². The van der Waals surface area contributed by atoms with Gasteiger partial charge in [-0.15, -0.1) is 0 Å². The molecule has 2 aromatic rings. The predicted molar refractivity (Wildman–Crippen MR) is 80.7 cm³/mol. The van der Waals surface area contributed by atoms with Gasteiger partial charge in [-0.2, -0.15) is 0 Å². The number of halogens is 2. The lowest BCUT2D eigenvalue weighted by atomic mass is 10.1. The summed E-state index contributed by atoms with van der Waals surface area (Å²) in [5.41, 5.74) is 6.78. The Bertz CT molecular complexity index is 679. The first-order chi connectivity index (χ1) is 10.9. The third-order valence-corrected chi connectivity index (χ3v) is 3.56. The molecule has 0 aromatic heterocycles. The van der Waals surface area contributed by atoms with Crippen LogP contribution in [0.2, 0.25) is 0 Å². The maximum atomic E-state index is 12.7. The molecule has 0 unspecified atom stereocenters. The van der Waals surface area contributed by atoms with Crippen molar-refractivity contribution in [2.75, 3.05) is 0 Å². The number of hydrogen-bond acceptors (Lipinski definition) is 3. The number of nitrogens with two attached hydrogens (primary N) is 1. The second kappa shape index (κ2) is 7.30. The summed E-state index contributed by atoms with van der Waals surface area (Å²) in [5, 5.41) is 17.4. The van der Waals surface area contributed by atoms with Crippen molar-refractivity contribution in [2.24, 2.45) is 5.73 Å². The molecule has 1 saturated carbocycles. The van der Waals surface area contributed by atoms with E-state index in [2.05, 4.69) is 0 Å². The lowest BCUT2D eigenvalue weighted by Gasteiger charge is -2.03. The quantitative estimate of drug-likeness (QED) is 0.811. The molecule has 2 aromatic carbocycles. The lowest BCUT2D eigenvalue weighted by Crippen LogP contribution is -2.09. The van der Waals surface area contributed by atoms with Gasteiger partial charge in [-0.05, 0) is 29.7 Å². The van der Waals surface area contributed by atoms with Crippen LogP contribution >= 0.6 is 0 Å². The topological polar surface area (TPSA) is 83.6 Å². The molecule has 0 saturated heterocycles. The Labute approximate surface area is 132 Å². The number of aliphatic hydroxyl groups excluding tert-OH is 1. The molecular formula is C17H17F2NO3. The van der Waals surface area contributed by atoms with E-state index in [4.69, 9.17) is 15.9 Å². The van der Waals surface area contributed by atoms with Gasteiger partial charge in [-0.1, -0.05) is 36.4 Å². The summed E-state index contributed by atoms with van der Waals surface area (Å²) in [7, 11) is 0. The fraction of sp³-hybridized carbons (Fsp3) is 0.235. The van der Waals surface area contributed by atoms with E-state index < -0.39 is 23.7 Å². The molecular weight excluding hydrogens is 304 g/mol. The highest BCUT2D eigenvalue weighted by atomic mass is 19.2. The lowest BCUT2D eigenvalue weighted by molar-refractivity contribution is -0.146. The third-order valence-electron chi connectivity index (χ3n) is 3.56. The zero-order valence-electron chi connectivity index (χ0n) is 12.2. The first kappa shape index (κ1) is 17.1. The third kappa shape index (κ3) is 4.58. The summed E-state index contributed by atoms with van der Waals surface area (Å²) in [4.78, 5) is 10.2. The molecule has 3 atom stereocenters. The van der Waals surface area contributed by atoms with E-state index in [1.165, 1.54) is 6.07 Å². The summed E-state index contributed by atoms with van der Waals surface area (Å²) in [5.74, 6) is -2.57. The number of aliphatic carboxylic acids is 1. The smallest absolute Gasteiger partial charge is 0.337 e. The first-order valence-corrected chi connectivity index (χ1v) is 7.06. The number of aliphatic hydroxyl groups is 1. The van der Waals surface area contributed by atoms with Gasteiger partial charge in [0.25, 0.3) is 0 Å². The number of benzene rings is 2. The fourth-order valence-corrected chi connectivity index (χ4v) is 2.12. The Balaban J connectivity index is 0.000000168. The molecule has 0 bridgehead atoms. The average molecular weight is 321 g/mol. The number of hydrogen-bond donors (Lipinski definition) is 3. The van der Waals surface area contributed by atoms with Crippen LogP contribution in [0.3, 0.4) is 0 Å². The monoisotopic (exact) mass is 321 g/mol. The molecule has 0 radical (unpaired) electrons. The molecule has 1 fully saturated rings. The van der Waals surface area contributed by atoms with E-state index in [0.717, 1.165) is 18.1 Å². The number of carbonyl (C=O) groups is 1. The van der Waals surface area contributed by atoms with Crippen LogP contribution in [0.25, 0.3) is 0 Å². The van der Waals surface area contributed by atoms with Crippen molar-refractivity contribution in [3.05, 3.63) is 71.3 Å². The van der Waals surface area contributed by atoms with Gasteiger partial charge < -0.3 is 15.9 Å². The number of carboxylic acid groups (broad SMARTS) is 1. The maximum Gasteiger partial charge on any atom is 0.337 e. The Kier molecular flexibility index (Phi) is 5.41. The summed E-state index contributed by atoms with van der Waals surface area (Å²) < 4.78 is 25.2. The van der Waals surface area contributed by atoms with Crippen molar-refractivity contribution in [1.29, 1.82) is 0 Å². The molecule has 1 aliphatic carbocycles. The molecule has 3 rings (SSSR count). The van der Waals surface area contributed by atoms with Crippen LogP contribution in [0.15, 0.2) is 48.5 Å². The van der Waals surface area contributed by atoms with Crippen LogP contribution in [0, 0.1) is 11.6 Å². The normalized spacial score (nSPS) is 20.2. The van der Waals surface area contributed by atoms with E-state index in [1.54, 1.807) is 36.4 Å². The van der Waals surface area contributed by atoms with Crippen LogP contribution in [-0.4, -0.2) is 22.2 Å². The zero-order valence-corrected chi connectivity index (χ0v) is 12.2. The predicted octanol–water partition coefficient (Wildman–Crippen LogP) is 2.58. The van der Waals surface area contributed by atoms with Gasteiger partial charge in [0.1, 0.15) is 0 Å². The Hall–Kier alpha value is -2.31. The molecule has 0 heterocycles. The highest BCUT2D eigenvalue weighted by molar-refractivity contribution is 5.73.